The molecule has 0 aliphatic carbocycles. The molecule has 0 saturated carbocycles. The van der Waals surface area contributed by atoms with Crippen LogP contribution in [0.2, 0.25) is 0 Å². The molecule has 0 fully saturated rings. The topological polar surface area (TPSA) is 72.9 Å². The van der Waals surface area contributed by atoms with Crippen LogP contribution in [0.5, 0.6) is 0 Å². The molecule has 100 valence electrons. The second-order valence-corrected chi connectivity index (χ2v) is 4.55. The lowest BCUT2D eigenvalue weighted by molar-refractivity contribution is -0.117. The zero-order valence-electron chi connectivity index (χ0n) is 11.3. The minimum Gasteiger partial charge on any atom is -0.321 e. The number of aromatic nitrogens is 2. The van der Waals surface area contributed by atoms with Gasteiger partial charge in [0.2, 0.25) is 5.91 Å². The van der Waals surface area contributed by atoms with Gasteiger partial charge in [0.05, 0.1) is 17.1 Å². The number of anilines is 1. The summed E-state index contributed by atoms with van der Waals surface area (Å²) in [4.78, 5) is 12.2. The number of amides is 1. The Morgan fingerprint density at radius 2 is 1.95 bits per heavy atom. The van der Waals surface area contributed by atoms with E-state index in [0.717, 1.165) is 22.6 Å². The summed E-state index contributed by atoms with van der Waals surface area (Å²) in [6, 6.07) is 8.62. The number of nitrogens with two attached hydrogens (primary N) is 1. The number of carbonyl (C=O) groups excluding carboxylic acids is 1. The standard InChI is InChI=1S/C14H18N4O/c1-9-13(10(2)18(3)17-9)16-14(19)12(15)11-7-5-4-6-8-11/h4-8,12H,15H2,1-3H3,(H,16,19)/t12-/m1/s1. The number of hydrogen-bond donors (Lipinski definition) is 2. The van der Waals surface area contributed by atoms with Crippen LogP contribution in [0.15, 0.2) is 30.3 Å². The third kappa shape index (κ3) is 2.66. The Kier molecular flexibility index (Phi) is 3.66. The van der Waals surface area contributed by atoms with Crippen molar-refractivity contribution in [1.29, 1.82) is 0 Å². The van der Waals surface area contributed by atoms with E-state index in [1.165, 1.54) is 0 Å². The molecule has 1 amide bonds. The monoisotopic (exact) mass is 258 g/mol. The van der Waals surface area contributed by atoms with E-state index in [-0.39, 0.29) is 5.91 Å². The zero-order valence-corrected chi connectivity index (χ0v) is 11.3. The molecular formula is C14H18N4O. The van der Waals surface area contributed by atoms with Crippen LogP contribution >= 0.6 is 0 Å². The molecule has 5 nitrogen and oxygen atoms in total. The molecule has 2 rings (SSSR count). The van der Waals surface area contributed by atoms with Gasteiger partial charge in [-0.05, 0) is 19.4 Å². The average Bonchev–Trinajstić information content (AvgIpc) is 2.65. The van der Waals surface area contributed by atoms with Crippen LogP contribution in [0.4, 0.5) is 5.69 Å². The van der Waals surface area contributed by atoms with Gasteiger partial charge < -0.3 is 11.1 Å². The van der Waals surface area contributed by atoms with Crippen molar-refractivity contribution in [2.45, 2.75) is 19.9 Å². The lowest BCUT2D eigenvalue weighted by Gasteiger charge is -2.12. The minimum atomic E-state index is -0.680. The van der Waals surface area contributed by atoms with Crippen molar-refractivity contribution in [3.8, 4) is 0 Å². The van der Waals surface area contributed by atoms with Gasteiger partial charge in [-0.25, -0.2) is 0 Å². The molecule has 0 radical (unpaired) electrons. The average molecular weight is 258 g/mol. The summed E-state index contributed by atoms with van der Waals surface area (Å²) in [6.07, 6.45) is 0. The van der Waals surface area contributed by atoms with Crippen LogP contribution in [0.1, 0.15) is 23.0 Å². The van der Waals surface area contributed by atoms with E-state index in [9.17, 15) is 4.79 Å². The molecule has 1 aromatic heterocycles. The number of benzene rings is 1. The number of aryl methyl sites for hydroxylation is 2. The number of nitrogens with one attached hydrogen (secondary N) is 1. The lowest BCUT2D eigenvalue weighted by atomic mass is 10.1. The van der Waals surface area contributed by atoms with Crippen LogP contribution in [0, 0.1) is 13.8 Å². The highest BCUT2D eigenvalue weighted by Crippen LogP contribution is 2.20. The van der Waals surface area contributed by atoms with Crippen molar-refractivity contribution in [1.82, 2.24) is 9.78 Å². The summed E-state index contributed by atoms with van der Waals surface area (Å²) in [7, 11) is 1.84. The van der Waals surface area contributed by atoms with Gasteiger partial charge >= 0.3 is 0 Å². The Morgan fingerprint density at radius 3 is 2.47 bits per heavy atom. The van der Waals surface area contributed by atoms with Gasteiger partial charge in [0.15, 0.2) is 0 Å². The van der Waals surface area contributed by atoms with Crippen LogP contribution < -0.4 is 11.1 Å². The molecule has 1 atom stereocenters. The Labute approximate surface area is 112 Å². The third-order valence-electron chi connectivity index (χ3n) is 3.20. The van der Waals surface area contributed by atoms with Crippen molar-refractivity contribution in [3.63, 3.8) is 0 Å². The van der Waals surface area contributed by atoms with E-state index in [1.54, 1.807) is 4.68 Å². The summed E-state index contributed by atoms with van der Waals surface area (Å²) in [5.41, 5.74) is 9.17. The minimum absolute atomic E-state index is 0.231. The molecular weight excluding hydrogens is 240 g/mol. The molecule has 0 bridgehead atoms. The first-order chi connectivity index (χ1) is 9.00. The molecule has 0 aliphatic rings. The van der Waals surface area contributed by atoms with Crippen LogP contribution in [0.3, 0.4) is 0 Å². The van der Waals surface area contributed by atoms with Gasteiger partial charge in [-0.15, -0.1) is 0 Å². The number of rotatable bonds is 3. The summed E-state index contributed by atoms with van der Waals surface area (Å²) < 4.78 is 1.74. The fraction of sp³-hybridized carbons (Fsp3) is 0.286. The maximum atomic E-state index is 12.2. The number of hydrogen-bond acceptors (Lipinski definition) is 3. The van der Waals surface area contributed by atoms with Crippen LogP contribution in [-0.2, 0) is 11.8 Å². The van der Waals surface area contributed by atoms with Gasteiger partial charge in [-0.1, -0.05) is 30.3 Å². The molecule has 0 aliphatic heterocycles. The Hall–Kier alpha value is -2.14. The fourth-order valence-corrected chi connectivity index (χ4v) is 1.97. The quantitative estimate of drug-likeness (QED) is 0.879. The summed E-state index contributed by atoms with van der Waals surface area (Å²) in [6.45, 7) is 3.76. The summed E-state index contributed by atoms with van der Waals surface area (Å²) in [5, 5.41) is 7.11. The van der Waals surface area contributed by atoms with Gasteiger partial charge in [-0.3, -0.25) is 9.48 Å². The van der Waals surface area contributed by atoms with Gasteiger partial charge in [0.25, 0.3) is 0 Å². The van der Waals surface area contributed by atoms with Crippen LogP contribution in [-0.4, -0.2) is 15.7 Å². The molecule has 1 aromatic carbocycles. The largest absolute Gasteiger partial charge is 0.321 e. The maximum Gasteiger partial charge on any atom is 0.245 e. The first-order valence-corrected chi connectivity index (χ1v) is 6.12. The highest BCUT2D eigenvalue weighted by Gasteiger charge is 2.18. The normalized spacial score (nSPS) is 12.2. The highest BCUT2D eigenvalue weighted by molar-refractivity contribution is 5.96. The smallest absolute Gasteiger partial charge is 0.245 e. The highest BCUT2D eigenvalue weighted by atomic mass is 16.2. The predicted octanol–water partition coefficient (Wildman–Crippen LogP) is 1.68. The second kappa shape index (κ2) is 5.24. The van der Waals surface area contributed by atoms with E-state index in [2.05, 4.69) is 10.4 Å². The van der Waals surface area contributed by atoms with E-state index >= 15 is 0 Å². The Bertz CT molecular complexity index is 589. The molecule has 2 aromatic rings. The fourth-order valence-electron chi connectivity index (χ4n) is 1.97. The van der Waals surface area contributed by atoms with E-state index in [1.807, 2.05) is 51.2 Å². The SMILES string of the molecule is Cc1nn(C)c(C)c1NC(=O)[C@H](N)c1ccccc1. The number of carbonyl (C=O) groups is 1. The molecule has 0 spiro atoms. The second-order valence-electron chi connectivity index (χ2n) is 4.55. The summed E-state index contributed by atoms with van der Waals surface area (Å²) in [5.74, 6) is -0.231. The van der Waals surface area contributed by atoms with Crippen molar-refractivity contribution >= 4 is 11.6 Å². The van der Waals surface area contributed by atoms with Crippen molar-refractivity contribution in [2.24, 2.45) is 12.8 Å². The molecule has 5 heteroatoms. The van der Waals surface area contributed by atoms with E-state index in [4.69, 9.17) is 5.73 Å². The van der Waals surface area contributed by atoms with E-state index < -0.39 is 6.04 Å². The Balaban J connectivity index is 2.18. The van der Waals surface area contributed by atoms with Crippen LogP contribution in [0.25, 0.3) is 0 Å². The van der Waals surface area contributed by atoms with Crippen molar-refractivity contribution in [3.05, 3.63) is 47.3 Å². The third-order valence-corrected chi connectivity index (χ3v) is 3.20. The molecule has 3 N–H and O–H groups in total. The first kappa shape index (κ1) is 13.3. The van der Waals surface area contributed by atoms with E-state index in [0.29, 0.717) is 0 Å². The first-order valence-electron chi connectivity index (χ1n) is 6.12. The van der Waals surface area contributed by atoms with Gasteiger partial charge in [-0.2, -0.15) is 5.10 Å². The Morgan fingerprint density at radius 1 is 1.32 bits per heavy atom. The number of nitrogens with zero attached hydrogens (tertiary/aromatic N) is 2. The molecule has 19 heavy (non-hydrogen) atoms. The zero-order chi connectivity index (χ0) is 14.0. The molecule has 0 saturated heterocycles. The maximum absolute atomic E-state index is 12.2. The van der Waals surface area contributed by atoms with Crippen molar-refractivity contribution in [2.75, 3.05) is 5.32 Å². The van der Waals surface area contributed by atoms with Crippen molar-refractivity contribution < 1.29 is 4.79 Å². The van der Waals surface area contributed by atoms with Gasteiger partial charge in [0.1, 0.15) is 6.04 Å². The molecule has 0 unspecified atom stereocenters. The predicted molar refractivity (Wildman–Crippen MR) is 74.7 cm³/mol. The molecule has 1 heterocycles. The lowest BCUT2D eigenvalue weighted by Crippen LogP contribution is -2.28. The summed E-state index contributed by atoms with van der Waals surface area (Å²) >= 11 is 0. The van der Waals surface area contributed by atoms with Gasteiger partial charge in [0, 0.05) is 7.05 Å².